The van der Waals surface area contributed by atoms with E-state index in [2.05, 4.69) is 5.32 Å². The molecule has 4 rings (SSSR count). The van der Waals surface area contributed by atoms with E-state index in [-0.39, 0.29) is 19.1 Å². The maximum absolute atomic E-state index is 13.5. The van der Waals surface area contributed by atoms with Gasteiger partial charge in [-0.3, -0.25) is 19.3 Å². The molecule has 0 saturated carbocycles. The molecule has 0 unspecified atom stereocenters. The minimum atomic E-state index is -0.793. The van der Waals surface area contributed by atoms with Crippen molar-refractivity contribution in [1.82, 2.24) is 5.32 Å². The van der Waals surface area contributed by atoms with Crippen molar-refractivity contribution in [2.45, 2.75) is 38.0 Å². The first-order valence-corrected chi connectivity index (χ1v) is 11.7. The fraction of sp³-hybridized carbons (Fsp3) is 0.250. The molecule has 7 heteroatoms. The van der Waals surface area contributed by atoms with Crippen LogP contribution in [0.3, 0.4) is 0 Å². The average Bonchev–Trinajstić information content (AvgIpc) is 3.01. The van der Waals surface area contributed by atoms with Gasteiger partial charge in [-0.05, 0) is 42.0 Å². The van der Waals surface area contributed by atoms with Crippen molar-refractivity contribution < 1.29 is 19.1 Å². The summed E-state index contributed by atoms with van der Waals surface area (Å²) < 4.78 is 5.42. The molecule has 3 aromatic rings. The molecule has 0 bridgehead atoms. The molecule has 3 aromatic carbocycles. The Morgan fingerprint density at radius 1 is 0.943 bits per heavy atom. The first-order chi connectivity index (χ1) is 17.0. The lowest BCUT2D eigenvalue weighted by atomic mass is 10.0. The number of esters is 1. The monoisotopic (exact) mass is 471 g/mol. The Bertz CT molecular complexity index is 1170. The van der Waals surface area contributed by atoms with Crippen molar-refractivity contribution in [3.63, 3.8) is 0 Å². The molecule has 1 aliphatic heterocycles. The molecule has 0 radical (unpaired) electrons. The highest BCUT2D eigenvalue weighted by molar-refractivity contribution is 6.03. The Morgan fingerprint density at radius 2 is 1.57 bits per heavy atom. The summed E-state index contributed by atoms with van der Waals surface area (Å²) in [4.78, 5) is 40.4. The summed E-state index contributed by atoms with van der Waals surface area (Å²) in [5.41, 5.74) is 9.52. The molecule has 0 aromatic heterocycles. The number of ether oxygens (including phenoxy) is 1. The van der Waals surface area contributed by atoms with Gasteiger partial charge >= 0.3 is 5.97 Å². The third-order valence-electron chi connectivity index (χ3n) is 6.03. The van der Waals surface area contributed by atoms with Gasteiger partial charge in [0.25, 0.3) is 0 Å². The highest BCUT2D eigenvalue weighted by Crippen LogP contribution is 2.27. The molecule has 7 nitrogen and oxygen atoms in total. The van der Waals surface area contributed by atoms with Gasteiger partial charge in [-0.1, -0.05) is 78.9 Å². The second kappa shape index (κ2) is 11.4. The number of aryl methyl sites for hydroxylation is 1. The van der Waals surface area contributed by atoms with E-state index in [9.17, 15) is 14.4 Å². The van der Waals surface area contributed by atoms with Crippen molar-refractivity contribution in [3.8, 4) is 0 Å². The highest BCUT2D eigenvalue weighted by atomic mass is 16.5. The zero-order valence-electron chi connectivity index (χ0n) is 19.4. The first kappa shape index (κ1) is 24.2. The standard InChI is InChI=1S/C28H29N3O4/c29-23(17-20-9-3-1-4-10-20)27(33)30-24-16-15-22-13-7-8-14-25(22)31(28(24)34)18-26(32)35-19-21-11-5-2-6-12-21/h1-14,23-24H,15-19,29H2,(H,30,33)/t23-,24-/m0/s1. The van der Waals surface area contributed by atoms with Crippen LogP contribution >= 0.6 is 0 Å². The molecule has 0 aliphatic carbocycles. The number of carbonyl (C=O) groups is 3. The molecule has 3 N–H and O–H groups in total. The Morgan fingerprint density at radius 3 is 2.29 bits per heavy atom. The molecule has 0 fully saturated rings. The van der Waals surface area contributed by atoms with E-state index in [1.54, 1.807) is 0 Å². The van der Waals surface area contributed by atoms with Gasteiger partial charge < -0.3 is 15.8 Å². The zero-order valence-corrected chi connectivity index (χ0v) is 19.4. The molecule has 1 heterocycles. The van der Waals surface area contributed by atoms with Crippen LogP contribution in [0.5, 0.6) is 0 Å². The number of carbonyl (C=O) groups excluding carboxylic acids is 3. The Kier molecular flexibility index (Phi) is 7.90. The smallest absolute Gasteiger partial charge is 0.326 e. The van der Waals surface area contributed by atoms with Crippen LogP contribution in [0.1, 0.15) is 23.1 Å². The summed E-state index contributed by atoms with van der Waals surface area (Å²) in [6.45, 7) is -0.122. The number of nitrogens with zero attached hydrogens (tertiary/aromatic N) is 1. The number of hydrogen-bond acceptors (Lipinski definition) is 5. The SMILES string of the molecule is N[C@@H](Cc1ccccc1)C(=O)N[C@H]1CCc2ccccc2N(CC(=O)OCc2ccccc2)C1=O. The number of nitrogens with two attached hydrogens (primary N) is 1. The molecular formula is C28H29N3O4. The van der Waals surface area contributed by atoms with Crippen LogP contribution in [0.4, 0.5) is 5.69 Å². The topological polar surface area (TPSA) is 102 Å². The maximum Gasteiger partial charge on any atom is 0.326 e. The summed E-state index contributed by atoms with van der Waals surface area (Å²) >= 11 is 0. The Balaban J connectivity index is 1.45. The van der Waals surface area contributed by atoms with Crippen LogP contribution in [-0.2, 0) is 38.6 Å². The number of fused-ring (bicyclic) bond motifs is 1. The van der Waals surface area contributed by atoms with E-state index in [1.807, 2.05) is 84.9 Å². The molecule has 2 amide bonds. The summed E-state index contributed by atoms with van der Waals surface area (Å²) in [5.74, 6) is -1.28. The third-order valence-corrected chi connectivity index (χ3v) is 6.03. The van der Waals surface area contributed by atoms with Crippen molar-refractivity contribution in [2.24, 2.45) is 5.73 Å². The first-order valence-electron chi connectivity index (χ1n) is 11.7. The van der Waals surface area contributed by atoms with E-state index < -0.39 is 24.0 Å². The van der Waals surface area contributed by atoms with Gasteiger partial charge in [0.15, 0.2) is 0 Å². The van der Waals surface area contributed by atoms with Crippen LogP contribution in [-0.4, -0.2) is 36.4 Å². The minimum absolute atomic E-state index is 0.123. The molecule has 0 spiro atoms. The maximum atomic E-state index is 13.5. The number of para-hydroxylation sites is 1. The fourth-order valence-electron chi connectivity index (χ4n) is 4.16. The van der Waals surface area contributed by atoms with E-state index >= 15 is 0 Å². The van der Waals surface area contributed by atoms with Crippen LogP contribution in [0.2, 0.25) is 0 Å². The number of hydrogen-bond donors (Lipinski definition) is 2. The predicted molar refractivity (Wildman–Crippen MR) is 133 cm³/mol. The number of rotatable bonds is 8. The fourth-order valence-corrected chi connectivity index (χ4v) is 4.16. The average molecular weight is 472 g/mol. The third kappa shape index (κ3) is 6.33. The zero-order chi connectivity index (χ0) is 24.6. The minimum Gasteiger partial charge on any atom is -0.459 e. The number of anilines is 1. The van der Waals surface area contributed by atoms with Gasteiger partial charge in [0, 0.05) is 5.69 Å². The van der Waals surface area contributed by atoms with Gasteiger partial charge in [-0.15, -0.1) is 0 Å². The van der Waals surface area contributed by atoms with Gasteiger partial charge in [0.2, 0.25) is 11.8 Å². The summed E-state index contributed by atoms with van der Waals surface area (Å²) in [7, 11) is 0. The number of nitrogens with one attached hydrogen (secondary N) is 1. The van der Waals surface area contributed by atoms with E-state index in [0.717, 1.165) is 16.7 Å². The molecule has 2 atom stereocenters. The molecule has 180 valence electrons. The van der Waals surface area contributed by atoms with Crippen molar-refractivity contribution in [1.29, 1.82) is 0 Å². The lowest BCUT2D eigenvalue weighted by Gasteiger charge is -2.26. The van der Waals surface area contributed by atoms with Crippen LogP contribution < -0.4 is 16.0 Å². The largest absolute Gasteiger partial charge is 0.459 e. The summed E-state index contributed by atoms with van der Waals surface area (Å²) in [6, 6.07) is 24.7. The molecule has 35 heavy (non-hydrogen) atoms. The molecule has 0 saturated heterocycles. The summed E-state index contributed by atoms with van der Waals surface area (Å²) in [5, 5.41) is 2.82. The Hall–Kier alpha value is -3.97. The molecule has 1 aliphatic rings. The highest BCUT2D eigenvalue weighted by Gasteiger charge is 2.33. The number of benzene rings is 3. The van der Waals surface area contributed by atoms with E-state index in [1.165, 1.54) is 4.90 Å². The molecular weight excluding hydrogens is 442 g/mol. The summed E-state index contributed by atoms with van der Waals surface area (Å²) in [6.07, 6.45) is 1.36. The van der Waals surface area contributed by atoms with E-state index in [0.29, 0.717) is 24.9 Å². The number of amides is 2. The quantitative estimate of drug-likeness (QED) is 0.492. The van der Waals surface area contributed by atoms with Gasteiger partial charge in [0.1, 0.15) is 19.2 Å². The Labute approximate surface area is 204 Å². The van der Waals surface area contributed by atoms with Crippen LogP contribution in [0.15, 0.2) is 84.9 Å². The second-order valence-electron chi connectivity index (χ2n) is 8.60. The van der Waals surface area contributed by atoms with Crippen LogP contribution in [0.25, 0.3) is 0 Å². The van der Waals surface area contributed by atoms with Crippen LogP contribution in [0, 0.1) is 0 Å². The predicted octanol–water partition coefficient (Wildman–Crippen LogP) is 2.76. The van der Waals surface area contributed by atoms with E-state index in [4.69, 9.17) is 10.5 Å². The van der Waals surface area contributed by atoms with Crippen molar-refractivity contribution >= 4 is 23.5 Å². The van der Waals surface area contributed by atoms with Gasteiger partial charge in [0.05, 0.1) is 6.04 Å². The second-order valence-corrected chi connectivity index (χ2v) is 8.60. The van der Waals surface area contributed by atoms with Crippen molar-refractivity contribution in [2.75, 3.05) is 11.4 Å². The van der Waals surface area contributed by atoms with Crippen molar-refractivity contribution in [3.05, 3.63) is 102 Å². The van der Waals surface area contributed by atoms with Gasteiger partial charge in [-0.2, -0.15) is 0 Å². The lowest BCUT2D eigenvalue weighted by molar-refractivity contribution is -0.144. The normalized spacial score (nSPS) is 16.1. The lowest BCUT2D eigenvalue weighted by Crippen LogP contribution is -2.53. The van der Waals surface area contributed by atoms with Gasteiger partial charge in [-0.25, -0.2) is 0 Å².